The molecule has 1 N–H and O–H groups in total. The molecular formula is C16H13Cl2N5O3. The lowest BCUT2D eigenvalue weighted by atomic mass is 10.2. The summed E-state index contributed by atoms with van der Waals surface area (Å²) in [7, 11) is 0. The maximum atomic E-state index is 12.3. The Morgan fingerprint density at radius 3 is 2.81 bits per heavy atom. The summed E-state index contributed by atoms with van der Waals surface area (Å²) in [5.74, 6) is -1.14. The molecule has 134 valence electrons. The highest BCUT2D eigenvalue weighted by molar-refractivity contribution is 6.37. The number of ether oxygens (including phenoxy) is 1. The van der Waals surface area contributed by atoms with Crippen LogP contribution in [-0.4, -0.2) is 38.1 Å². The molecule has 3 rings (SSSR count). The predicted octanol–water partition coefficient (Wildman–Crippen LogP) is 2.84. The molecule has 1 amide bonds. The molecule has 3 aromatic heterocycles. The lowest BCUT2D eigenvalue weighted by Gasteiger charge is -2.09. The predicted molar refractivity (Wildman–Crippen MR) is 95.6 cm³/mol. The number of esters is 1. The number of aryl methyl sites for hydroxylation is 1. The van der Waals surface area contributed by atoms with Crippen LogP contribution in [0.3, 0.4) is 0 Å². The van der Waals surface area contributed by atoms with Crippen molar-refractivity contribution < 1.29 is 14.3 Å². The second kappa shape index (κ2) is 7.27. The number of nitrogens with one attached hydrogen (secondary N) is 1. The minimum Gasteiger partial charge on any atom is -0.452 e. The molecule has 0 saturated carbocycles. The van der Waals surface area contributed by atoms with E-state index in [1.807, 2.05) is 0 Å². The van der Waals surface area contributed by atoms with Crippen LogP contribution in [0.2, 0.25) is 10.0 Å². The summed E-state index contributed by atoms with van der Waals surface area (Å²) >= 11 is 12.0. The van der Waals surface area contributed by atoms with Crippen molar-refractivity contribution in [3.63, 3.8) is 0 Å². The quantitative estimate of drug-likeness (QED) is 0.684. The van der Waals surface area contributed by atoms with Crippen molar-refractivity contribution in [3.8, 4) is 0 Å². The van der Waals surface area contributed by atoms with Crippen LogP contribution in [0.25, 0.3) is 5.65 Å². The molecule has 26 heavy (non-hydrogen) atoms. The summed E-state index contributed by atoms with van der Waals surface area (Å²) in [5, 5.41) is 7.25. The molecule has 0 saturated heterocycles. The van der Waals surface area contributed by atoms with Gasteiger partial charge in [-0.15, -0.1) is 0 Å². The average Bonchev–Trinajstić information content (AvgIpc) is 2.96. The van der Waals surface area contributed by atoms with Crippen molar-refractivity contribution in [2.75, 3.05) is 11.9 Å². The molecule has 0 aromatic carbocycles. The van der Waals surface area contributed by atoms with Gasteiger partial charge in [-0.05, 0) is 25.5 Å². The zero-order chi connectivity index (χ0) is 18.8. The SMILES string of the molecule is Cc1nn2cccnc2c1C(=O)OCC(=O)Nc1ncc(Cl)c(C)c1Cl. The second-order valence-corrected chi connectivity index (χ2v) is 6.15. The second-order valence-electron chi connectivity index (χ2n) is 5.37. The lowest BCUT2D eigenvalue weighted by molar-refractivity contribution is -0.119. The molecule has 0 bridgehead atoms. The third-order valence-corrected chi connectivity index (χ3v) is 4.41. The highest BCUT2D eigenvalue weighted by Crippen LogP contribution is 2.28. The number of rotatable bonds is 4. The maximum Gasteiger partial charge on any atom is 0.344 e. The van der Waals surface area contributed by atoms with E-state index in [0.29, 0.717) is 21.9 Å². The van der Waals surface area contributed by atoms with Crippen LogP contribution in [0, 0.1) is 13.8 Å². The van der Waals surface area contributed by atoms with E-state index < -0.39 is 18.5 Å². The molecule has 0 atom stereocenters. The molecule has 0 radical (unpaired) electrons. The van der Waals surface area contributed by atoms with Gasteiger partial charge in [0.25, 0.3) is 5.91 Å². The summed E-state index contributed by atoms with van der Waals surface area (Å²) in [5.41, 5.74) is 1.60. The number of hydrogen-bond donors (Lipinski definition) is 1. The number of carbonyl (C=O) groups excluding carboxylic acids is 2. The standard InChI is InChI=1S/C16H13Cl2N5O3/c1-8-10(17)6-20-14(13(8)18)21-11(24)7-26-16(25)12-9(2)22-23-5-3-4-19-15(12)23/h3-6H,7H2,1-2H3,(H,20,21,24). The van der Waals surface area contributed by atoms with Gasteiger partial charge in [0.2, 0.25) is 0 Å². The van der Waals surface area contributed by atoms with Gasteiger partial charge in [-0.25, -0.2) is 19.3 Å². The number of fused-ring (bicyclic) bond motifs is 1. The van der Waals surface area contributed by atoms with Gasteiger partial charge in [0.1, 0.15) is 5.56 Å². The van der Waals surface area contributed by atoms with Crippen LogP contribution in [0.1, 0.15) is 21.6 Å². The number of aromatic nitrogens is 4. The van der Waals surface area contributed by atoms with Gasteiger partial charge >= 0.3 is 5.97 Å². The first kappa shape index (κ1) is 18.1. The van der Waals surface area contributed by atoms with Crippen molar-refractivity contribution in [3.05, 3.63) is 51.5 Å². The number of carbonyl (C=O) groups is 2. The number of anilines is 1. The van der Waals surface area contributed by atoms with Crippen LogP contribution in [0.4, 0.5) is 5.82 Å². The van der Waals surface area contributed by atoms with Crippen molar-refractivity contribution in [2.24, 2.45) is 0 Å². The molecule has 0 aliphatic heterocycles. The van der Waals surface area contributed by atoms with E-state index in [4.69, 9.17) is 27.9 Å². The fourth-order valence-corrected chi connectivity index (χ4v) is 2.64. The van der Waals surface area contributed by atoms with Crippen LogP contribution >= 0.6 is 23.2 Å². The van der Waals surface area contributed by atoms with Crippen molar-refractivity contribution in [2.45, 2.75) is 13.8 Å². The first-order valence-corrected chi connectivity index (χ1v) is 8.21. The number of pyridine rings is 1. The third-order valence-electron chi connectivity index (χ3n) is 3.57. The molecular weight excluding hydrogens is 381 g/mol. The molecule has 0 spiro atoms. The molecule has 8 nitrogen and oxygen atoms in total. The first-order valence-electron chi connectivity index (χ1n) is 7.46. The first-order chi connectivity index (χ1) is 12.4. The molecule has 10 heteroatoms. The minimum atomic E-state index is -0.697. The van der Waals surface area contributed by atoms with Gasteiger partial charge in [0.15, 0.2) is 18.1 Å². The Labute approximate surface area is 158 Å². The molecule has 0 aliphatic rings. The van der Waals surface area contributed by atoms with E-state index in [0.717, 1.165) is 0 Å². The summed E-state index contributed by atoms with van der Waals surface area (Å²) in [6, 6.07) is 1.69. The lowest BCUT2D eigenvalue weighted by Crippen LogP contribution is -2.22. The van der Waals surface area contributed by atoms with E-state index >= 15 is 0 Å². The van der Waals surface area contributed by atoms with E-state index in [-0.39, 0.29) is 16.4 Å². The molecule has 3 aromatic rings. The van der Waals surface area contributed by atoms with Crippen LogP contribution in [-0.2, 0) is 9.53 Å². The van der Waals surface area contributed by atoms with Gasteiger partial charge in [-0.2, -0.15) is 5.10 Å². The molecule has 0 aliphatic carbocycles. The Balaban J connectivity index is 1.69. The van der Waals surface area contributed by atoms with Gasteiger partial charge in [-0.3, -0.25) is 4.79 Å². The van der Waals surface area contributed by atoms with Crippen molar-refractivity contribution >= 4 is 46.5 Å². The van der Waals surface area contributed by atoms with E-state index in [2.05, 4.69) is 20.4 Å². The summed E-state index contributed by atoms with van der Waals surface area (Å²) < 4.78 is 6.53. The normalized spacial score (nSPS) is 10.8. The number of nitrogens with zero attached hydrogens (tertiary/aromatic N) is 4. The smallest absolute Gasteiger partial charge is 0.344 e. The van der Waals surface area contributed by atoms with Gasteiger partial charge in [-0.1, -0.05) is 23.2 Å². The number of hydrogen-bond acceptors (Lipinski definition) is 6. The van der Waals surface area contributed by atoms with Gasteiger partial charge in [0.05, 0.1) is 15.7 Å². The Bertz CT molecular complexity index is 1020. The highest BCUT2D eigenvalue weighted by atomic mass is 35.5. The van der Waals surface area contributed by atoms with Crippen molar-refractivity contribution in [1.82, 2.24) is 19.6 Å². The largest absolute Gasteiger partial charge is 0.452 e. The summed E-state index contributed by atoms with van der Waals surface area (Å²) in [6.45, 7) is 2.84. The van der Waals surface area contributed by atoms with E-state index in [9.17, 15) is 9.59 Å². The van der Waals surface area contributed by atoms with Gasteiger partial charge in [0, 0.05) is 18.6 Å². The maximum absolute atomic E-state index is 12.3. The zero-order valence-corrected chi connectivity index (χ0v) is 15.3. The average molecular weight is 394 g/mol. The third kappa shape index (κ3) is 3.47. The fourth-order valence-electron chi connectivity index (χ4n) is 2.25. The van der Waals surface area contributed by atoms with Crippen LogP contribution in [0.15, 0.2) is 24.7 Å². The Morgan fingerprint density at radius 1 is 1.27 bits per heavy atom. The van der Waals surface area contributed by atoms with Gasteiger partial charge < -0.3 is 10.1 Å². The monoisotopic (exact) mass is 393 g/mol. The summed E-state index contributed by atoms with van der Waals surface area (Å²) in [4.78, 5) is 32.4. The number of amides is 1. The zero-order valence-electron chi connectivity index (χ0n) is 13.8. The molecule has 0 unspecified atom stereocenters. The Kier molecular flexibility index (Phi) is 5.06. The minimum absolute atomic E-state index is 0.142. The van der Waals surface area contributed by atoms with E-state index in [1.165, 1.54) is 16.9 Å². The van der Waals surface area contributed by atoms with Crippen molar-refractivity contribution in [1.29, 1.82) is 0 Å². The van der Waals surface area contributed by atoms with E-state index in [1.54, 1.807) is 26.1 Å². The topological polar surface area (TPSA) is 98.5 Å². The van der Waals surface area contributed by atoms with Crippen LogP contribution in [0.5, 0.6) is 0 Å². The van der Waals surface area contributed by atoms with Crippen LogP contribution < -0.4 is 5.32 Å². The molecule has 0 fully saturated rings. The summed E-state index contributed by atoms with van der Waals surface area (Å²) in [6.07, 6.45) is 4.57. The molecule has 3 heterocycles. The Hall–Kier alpha value is -2.71. The Morgan fingerprint density at radius 2 is 2.04 bits per heavy atom. The number of halogens is 2. The highest BCUT2D eigenvalue weighted by Gasteiger charge is 2.21. The fraction of sp³-hybridized carbons (Fsp3) is 0.188.